The number of carbonyl (C=O) groups is 1. The maximum absolute atomic E-state index is 12.4. The van der Waals surface area contributed by atoms with Gasteiger partial charge in [0, 0.05) is 11.6 Å². The minimum Gasteiger partial charge on any atom is -0.408 e. The van der Waals surface area contributed by atoms with Crippen LogP contribution in [0.5, 0.6) is 0 Å². The molecule has 1 aromatic carbocycles. The van der Waals surface area contributed by atoms with Gasteiger partial charge in [-0.05, 0) is 49.9 Å². The highest BCUT2D eigenvalue weighted by Crippen LogP contribution is 2.23. The first-order valence-electron chi connectivity index (χ1n) is 8.78. The number of benzene rings is 1. The van der Waals surface area contributed by atoms with Crippen LogP contribution in [0.25, 0.3) is 11.5 Å². The molecule has 1 saturated carbocycles. The third kappa shape index (κ3) is 4.30. The number of rotatable bonds is 5. The molecule has 0 unspecified atom stereocenters. The van der Waals surface area contributed by atoms with Crippen LogP contribution in [0, 0.1) is 13.8 Å². The van der Waals surface area contributed by atoms with Gasteiger partial charge in [-0.2, -0.15) is 0 Å². The van der Waals surface area contributed by atoms with Crippen LogP contribution >= 0.6 is 0 Å². The van der Waals surface area contributed by atoms with Crippen molar-refractivity contribution < 1.29 is 17.6 Å². The van der Waals surface area contributed by atoms with Crippen LogP contribution in [0.4, 0.5) is 0 Å². The summed E-state index contributed by atoms with van der Waals surface area (Å²) in [7, 11) is -3.97. The van der Waals surface area contributed by atoms with Crippen LogP contribution in [-0.4, -0.2) is 36.3 Å². The molecule has 0 spiro atoms. The molecule has 2 aromatic rings. The number of aromatic nitrogens is 2. The molecule has 1 fully saturated rings. The number of aryl methyl sites for hydroxylation is 2. The zero-order chi connectivity index (χ0) is 18.7. The molecule has 1 aliphatic rings. The van der Waals surface area contributed by atoms with Crippen molar-refractivity contribution in [2.45, 2.75) is 57.2 Å². The second-order valence-electron chi connectivity index (χ2n) is 6.83. The molecule has 0 radical (unpaired) electrons. The largest absolute Gasteiger partial charge is 0.408 e. The van der Waals surface area contributed by atoms with E-state index >= 15 is 0 Å². The summed E-state index contributed by atoms with van der Waals surface area (Å²) in [5.41, 5.74) is 2.80. The Labute approximate surface area is 153 Å². The van der Waals surface area contributed by atoms with Gasteiger partial charge in [0.15, 0.2) is 0 Å². The first-order chi connectivity index (χ1) is 12.3. The first kappa shape index (κ1) is 18.6. The molecular weight excluding hydrogens is 354 g/mol. The van der Waals surface area contributed by atoms with Gasteiger partial charge < -0.3 is 9.73 Å². The van der Waals surface area contributed by atoms with Gasteiger partial charge in [-0.25, -0.2) is 8.42 Å². The molecule has 7 nitrogen and oxygen atoms in total. The van der Waals surface area contributed by atoms with Crippen molar-refractivity contribution in [2.75, 3.05) is 5.75 Å². The lowest BCUT2D eigenvalue weighted by molar-refractivity contribution is -0.119. The molecule has 0 aliphatic heterocycles. The lowest BCUT2D eigenvalue weighted by atomic mass is 9.95. The van der Waals surface area contributed by atoms with E-state index in [0.29, 0.717) is 5.56 Å². The Morgan fingerprint density at radius 2 is 1.88 bits per heavy atom. The van der Waals surface area contributed by atoms with E-state index < -0.39 is 26.7 Å². The maximum Gasteiger partial charge on any atom is 0.336 e. The quantitative estimate of drug-likeness (QED) is 0.859. The summed E-state index contributed by atoms with van der Waals surface area (Å²) in [6, 6.07) is 5.61. The monoisotopic (exact) mass is 377 g/mol. The molecule has 1 heterocycles. The van der Waals surface area contributed by atoms with Crippen molar-refractivity contribution >= 4 is 15.7 Å². The molecule has 1 aliphatic carbocycles. The molecule has 0 bridgehead atoms. The van der Waals surface area contributed by atoms with Gasteiger partial charge in [0.25, 0.3) is 0 Å². The van der Waals surface area contributed by atoms with Crippen LogP contribution in [0.2, 0.25) is 0 Å². The maximum atomic E-state index is 12.4. The zero-order valence-corrected chi connectivity index (χ0v) is 15.8. The number of sulfone groups is 1. The Kier molecular flexibility index (Phi) is 5.41. The second-order valence-corrected chi connectivity index (χ2v) is 8.70. The van der Waals surface area contributed by atoms with Gasteiger partial charge in [0.2, 0.25) is 21.6 Å². The minimum absolute atomic E-state index is 0.0558. The van der Waals surface area contributed by atoms with E-state index in [2.05, 4.69) is 15.5 Å². The Balaban J connectivity index is 1.70. The van der Waals surface area contributed by atoms with Gasteiger partial charge in [-0.15, -0.1) is 5.10 Å². The molecule has 0 saturated heterocycles. The number of nitrogens with one attached hydrogen (secondary N) is 1. The number of nitrogens with zero attached hydrogens (tertiary/aromatic N) is 2. The van der Waals surface area contributed by atoms with Crippen LogP contribution in [0.1, 0.15) is 43.2 Å². The third-order valence-electron chi connectivity index (χ3n) is 4.72. The number of hydrogen-bond donors (Lipinski definition) is 1. The summed E-state index contributed by atoms with van der Waals surface area (Å²) in [5, 5.41) is 9.72. The number of hydrogen-bond acceptors (Lipinski definition) is 6. The summed E-state index contributed by atoms with van der Waals surface area (Å²) in [6.07, 6.45) is 5.06. The Morgan fingerprint density at radius 3 is 2.58 bits per heavy atom. The van der Waals surface area contributed by atoms with Gasteiger partial charge >= 0.3 is 5.22 Å². The summed E-state index contributed by atoms with van der Waals surface area (Å²) >= 11 is 0. The van der Waals surface area contributed by atoms with E-state index in [9.17, 15) is 13.2 Å². The van der Waals surface area contributed by atoms with Crippen LogP contribution in [0.15, 0.2) is 27.8 Å². The lowest BCUT2D eigenvalue weighted by Gasteiger charge is -2.22. The predicted molar refractivity (Wildman–Crippen MR) is 96.3 cm³/mol. The first-order valence-corrected chi connectivity index (χ1v) is 10.4. The van der Waals surface area contributed by atoms with E-state index in [1.807, 2.05) is 26.0 Å². The fourth-order valence-corrected chi connectivity index (χ4v) is 4.00. The Morgan fingerprint density at radius 1 is 1.15 bits per heavy atom. The standard InChI is InChI=1S/C18H23N3O4S/c1-12-8-9-14(10-13(12)2)17-20-21-18(25-17)26(23,24)11-16(22)19-15-6-4-3-5-7-15/h8-10,15H,3-7,11H2,1-2H3,(H,19,22). The second kappa shape index (κ2) is 7.57. The third-order valence-corrected chi connectivity index (χ3v) is 6.06. The van der Waals surface area contributed by atoms with Crippen LogP contribution in [-0.2, 0) is 14.6 Å². The normalized spacial score (nSPS) is 15.8. The predicted octanol–water partition coefficient (Wildman–Crippen LogP) is 2.58. The van der Waals surface area contributed by atoms with E-state index in [1.54, 1.807) is 6.07 Å². The van der Waals surface area contributed by atoms with Gasteiger partial charge in [-0.1, -0.05) is 30.4 Å². The fraction of sp³-hybridized carbons (Fsp3) is 0.500. The molecular formula is C18H23N3O4S. The van der Waals surface area contributed by atoms with Crippen LogP contribution in [0.3, 0.4) is 0 Å². The molecule has 8 heteroatoms. The smallest absolute Gasteiger partial charge is 0.336 e. The molecule has 1 aromatic heterocycles. The summed E-state index contributed by atoms with van der Waals surface area (Å²) in [6.45, 7) is 3.93. The zero-order valence-electron chi connectivity index (χ0n) is 15.0. The van der Waals surface area contributed by atoms with Crippen molar-refractivity contribution in [3.05, 3.63) is 29.3 Å². The van der Waals surface area contributed by atoms with Crippen molar-refractivity contribution in [1.29, 1.82) is 0 Å². The molecule has 1 amide bonds. The fourth-order valence-electron chi connectivity index (χ4n) is 3.08. The summed E-state index contributed by atoms with van der Waals surface area (Å²) < 4.78 is 30.1. The van der Waals surface area contributed by atoms with Crippen LogP contribution < -0.4 is 5.32 Å². The SMILES string of the molecule is Cc1ccc(-c2nnc(S(=O)(=O)CC(=O)NC3CCCCC3)o2)cc1C. The number of amides is 1. The van der Waals surface area contributed by atoms with Gasteiger partial charge in [-0.3, -0.25) is 4.79 Å². The van der Waals surface area contributed by atoms with E-state index in [0.717, 1.165) is 43.2 Å². The van der Waals surface area contributed by atoms with E-state index in [-0.39, 0.29) is 11.9 Å². The van der Waals surface area contributed by atoms with Crippen molar-refractivity contribution in [3.63, 3.8) is 0 Å². The highest BCUT2D eigenvalue weighted by molar-refractivity contribution is 7.91. The Hall–Kier alpha value is -2.22. The van der Waals surface area contributed by atoms with Gasteiger partial charge in [0.05, 0.1) is 0 Å². The summed E-state index contributed by atoms with van der Waals surface area (Å²) in [5.74, 6) is -1.08. The Bertz CT molecular complexity index is 899. The molecule has 0 atom stereocenters. The molecule has 26 heavy (non-hydrogen) atoms. The molecule has 3 rings (SSSR count). The molecule has 1 N–H and O–H groups in total. The highest BCUT2D eigenvalue weighted by Gasteiger charge is 2.27. The molecule has 140 valence electrons. The highest BCUT2D eigenvalue weighted by atomic mass is 32.2. The average molecular weight is 377 g/mol. The summed E-state index contributed by atoms with van der Waals surface area (Å²) in [4.78, 5) is 12.1. The lowest BCUT2D eigenvalue weighted by Crippen LogP contribution is -2.39. The van der Waals surface area contributed by atoms with Crippen molar-refractivity contribution in [2.24, 2.45) is 0 Å². The van der Waals surface area contributed by atoms with Crippen molar-refractivity contribution in [1.82, 2.24) is 15.5 Å². The average Bonchev–Trinajstić information content (AvgIpc) is 3.09. The van der Waals surface area contributed by atoms with Gasteiger partial charge in [0.1, 0.15) is 5.75 Å². The minimum atomic E-state index is -3.97. The van der Waals surface area contributed by atoms with E-state index in [4.69, 9.17) is 4.42 Å². The number of carbonyl (C=O) groups excluding carboxylic acids is 1. The topological polar surface area (TPSA) is 102 Å². The van der Waals surface area contributed by atoms with E-state index in [1.165, 1.54) is 0 Å². The van der Waals surface area contributed by atoms with Crippen molar-refractivity contribution in [3.8, 4) is 11.5 Å².